The lowest BCUT2D eigenvalue weighted by Crippen LogP contribution is -2.09. The molecule has 0 aliphatic rings. The van der Waals surface area contributed by atoms with Crippen LogP contribution in [0.25, 0.3) is 0 Å². The van der Waals surface area contributed by atoms with Crippen LogP contribution in [-0.4, -0.2) is 6.61 Å². The summed E-state index contributed by atoms with van der Waals surface area (Å²) in [5.41, 5.74) is 8.21. The number of ether oxygens (including phenoxy) is 1. The van der Waals surface area contributed by atoms with Crippen LogP contribution in [-0.2, 0) is 0 Å². The predicted octanol–water partition coefficient (Wildman–Crippen LogP) is 4.66. The van der Waals surface area contributed by atoms with E-state index in [9.17, 15) is 4.39 Å². The van der Waals surface area contributed by atoms with Crippen molar-refractivity contribution in [3.63, 3.8) is 0 Å². The first-order valence-electron chi connectivity index (χ1n) is 6.97. The van der Waals surface area contributed by atoms with Gasteiger partial charge in [0.2, 0.25) is 0 Å². The first kappa shape index (κ1) is 15.6. The number of thiophene rings is 1. The number of nitrogen functional groups attached to an aromatic ring is 1. The summed E-state index contributed by atoms with van der Waals surface area (Å²) in [7, 11) is 0. The lowest BCUT2D eigenvalue weighted by Gasteiger charge is -2.18. The molecular weight excluding hydrogens is 287 g/mol. The molecule has 0 saturated carbocycles. The van der Waals surface area contributed by atoms with Gasteiger partial charge in [-0.3, -0.25) is 0 Å². The van der Waals surface area contributed by atoms with E-state index in [4.69, 9.17) is 10.5 Å². The third kappa shape index (κ3) is 3.47. The second kappa shape index (κ2) is 6.35. The molecule has 0 bridgehead atoms. The normalized spacial score (nSPS) is 12.2. The Morgan fingerprint density at radius 1 is 1.33 bits per heavy atom. The fourth-order valence-corrected chi connectivity index (χ4v) is 3.37. The molecule has 1 atom stereocenters. The van der Waals surface area contributed by atoms with Crippen molar-refractivity contribution in [2.24, 2.45) is 0 Å². The second-order valence-corrected chi connectivity index (χ2v) is 6.50. The molecule has 1 unspecified atom stereocenters. The smallest absolute Gasteiger partial charge is 0.167 e. The third-order valence-corrected chi connectivity index (χ3v) is 4.30. The van der Waals surface area contributed by atoms with E-state index in [2.05, 4.69) is 32.2 Å². The third-order valence-electron chi connectivity index (χ3n) is 3.32. The van der Waals surface area contributed by atoms with Crippen LogP contribution in [0.3, 0.4) is 0 Å². The van der Waals surface area contributed by atoms with Gasteiger partial charge in [-0.15, -0.1) is 11.3 Å². The molecule has 5 heteroatoms. The van der Waals surface area contributed by atoms with Gasteiger partial charge in [0.25, 0.3) is 0 Å². The lowest BCUT2D eigenvalue weighted by atomic mass is 10.1. The van der Waals surface area contributed by atoms with Gasteiger partial charge in [0.05, 0.1) is 18.0 Å². The van der Waals surface area contributed by atoms with Crippen molar-refractivity contribution in [1.29, 1.82) is 0 Å². The minimum absolute atomic E-state index is 0.0946. The summed E-state index contributed by atoms with van der Waals surface area (Å²) in [4.78, 5) is 2.55. The molecule has 1 heterocycles. The summed E-state index contributed by atoms with van der Waals surface area (Å²) in [5.74, 6) is -0.213. The zero-order valence-corrected chi connectivity index (χ0v) is 13.6. The Morgan fingerprint density at radius 2 is 2.05 bits per heavy atom. The van der Waals surface area contributed by atoms with Crippen LogP contribution in [0.15, 0.2) is 18.2 Å². The van der Waals surface area contributed by atoms with Crippen molar-refractivity contribution in [1.82, 2.24) is 0 Å². The van der Waals surface area contributed by atoms with Crippen molar-refractivity contribution >= 4 is 22.7 Å². The zero-order valence-electron chi connectivity index (χ0n) is 12.8. The summed E-state index contributed by atoms with van der Waals surface area (Å²) in [6.45, 7) is 8.50. The van der Waals surface area contributed by atoms with Crippen molar-refractivity contribution < 1.29 is 9.13 Å². The van der Waals surface area contributed by atoms with E-state index in [1.807, 2.05) is 6.92 Å². The Kier molecular flexibility index (Phi) is 4.73. The van der Waals surface area contributed by atoms with Crippen LogP contribution in [0.2, 0.25) is 0 Å². The van der Waals surface area contributed by atoms with Gasteiger partial charge in [0.15, 0.2) is 11.6 Å². The van der Waals surface area contributed by atoms with E-state index in [1.165, 1.54) is 21.4 Å². The highest BCUT2D eigenvalue weighted by Gasteiger charge is 2.14. The minimum Gasteiger partial charge on any atom is -0.491 e. The van der Waals surface area contributed by atoms with Crippen molar-refractivity contribution in [2.75, 3.05) is 17.7 Å². The van der Waals surface area contributed by atoms with Crippen LogP contribution >= 0.6 is 11.3 Å². The van der Waals surface area contributed by atoms with E-state index in [0.717, 1.165) is 0 Å². The average Bonchev–Trinajstić information content (AvgIpc) is 2.74. The zero-order chi connectivity index (χ0) is 15.6. The molecule has 3 N–H and O–H groups in total. The number of rotatable bonds is 5. The van der Waals surface area contributed by atoms with Crippen LogP contribution in [0.1, 0.15) is 35.2 Å². The molecule has 3 nitrogen and oxygen atoms in total. The molecular formula is C16H21FN2OS. The Balaban J connectivity index is 2.26. The fraction of sp³-hybridized carbons (Fsp3) is 0.375. The molecule has 0 aliphatic carbocycles. The summed E-state index contributed by atoms with van der Waals surface area (Å²) < 4.78 is 19.0. The molecule has 0 amide bonds. The van der Waals surface area contributed by atoms with Gasteiger partial charge < -0.3 is 15.8 Å². The maximum Gasteiger partial charge on any atom is 0.167 e. The molecule has 0 fully saturated rings. The van der Waals surface area contributed by atoms with Crippen molar-refractivity contribution in [2.45, 2.75) is 33.7 Å². The average molecular weight is 308 g/mol. The van der Waals surface area contributed by atoms with E-state index < -0.39 is 5.82 Å². The van der Waals surface area contributed by atoms with Crippen LogP contribution in [0.4, 0.5) is 15.8 Å². The van der Waals surface area contributed by atoms with Crippen LogP contribution in [0, 0.1) is 19.7 Å². The van der Waals surface area contributed by atoms with Gasteiger partial charge >= 0.3 is 0 Å². The molecule has 0 radical (unpaired) electrons. The highest BCUT2D eigenvalue weighted by molar-refractivity contribution is 7.12. The number of anilines is 2. The first-order valence-corrected chi connectivity index (χ1v) is 7.79. The highest BCUT2D eigenvalue weighted by Crippen LogP contribution is 2.33. The fourth-order valence-electron chi connectivity index (χ4n) is 2.35. The van der Waals surface area contributed by atoms with Crippen LogP contribution in [0.5, 0.6) is 5.75 Å². The maximum atomic E-state index is 13.7. The van der Waals surface area contributed by atoms with E-state index in [1.54, 1.807) is 17.4 Å². The minimum atomic E-state index is -0.435. The molecule has 0 aliphatic heterocycles. The molecule has 2 rings (SSSR count). The summed E-state index contributed by atoms with van der Waals surface area (Å²) >= 11 is 1.77. The van der Waals surface area contributed by atoms with Gasteiger partial charge in [-0.1, -0.05) is 0 Å². The topological polar surface area (TPSA) is 47.3 Å². The number of benzene rings is 1. The van der Waals surface area contributed by atoms with Crippen molar-refractivity contribution in [3.05, 3.63) is 39.3 Å². The molecule has 0 spiro atoms. The predicted molar refractivity (Wildman–Crippen MR) is 87.8 cm³/mol. The van der Waals surface area contributed by atoms with Gasteiger partial charge in [0, 0.05) is 27.9 Å². The molecule has 114 valence electrons. The molecule has 0 saturated heterocycles. The lowest BCUT2D eigenvalue weighted by molar-refractivity contribution is 0.322. The largest absolute Gasteiger partial charge is 0.491 e. The standard InChI is InChI=1S/C16H21FN2OS/c1-5-20-16-8-15(14(18)7-13(16)17)19-10(3)12-6-9(2)21-11(12)4/h6-8,10,19H,5,18H2,1-4H3. The number of nitrogens with two attached hydrogens (primary N) is 1. The van der Waals surface area contributed by atoms with Crippen LogP contribution < -0.4 is 15.8 Å². The SMILES string of the molecule is CCOc1cc(NC(C)c2cc(C)sc2C)c(N)cc1F. The quantitative estimate of drug-likeness (QED) is 0.790. The number of halogens is 1. The summed E-state index contributed by atoms with van der Waals surface area (Å²) in [6, 6.07) is 5.18. The van der Waals surface area contributed by atoms with Gasteiger partial charge in [0.1, 0.15) is 0 Å². The van der Waals surface area contributed by atoms with E-state index in [-0.39, 0.29) is 11.8 Å². The van der Waals surface area contributed by atoms with E-state index in [0.29, 0.717) is 18.0 Å². The molecule has 1 aromatic carbocycles. The maximum absolute atomic E-state index is 13.7. The number of aryl methyl sites for hydroxylation is 2. The van der Waals surface area contributed by atoms with E-state index >= 15 is 0 Å². The number of nitrogens with one attached hydrogen (secondary N) is 1. The Labute approximate surface area is 128 Å². The molecule has 21 heavy (non-hydrogen) atoms. The summed E-state index contributed by atoms with van der Waals surface area (Å²) in [5, 5.41) is 3.34. The number of hydrogen-bond acceptors (Lipinski definition) is 4. The Hall–Kier alpha value is -1.75. The molecule has 1 aromatic heterocycles. The van der Waals surface area contributed by atoms with Gasteiger partial charge in [-0.2, -0.15) is 0 Å². The Bertz CT molecular complexity index is 639. The summed E-state index contributed by atoms with van der Waals surface area (Å²) in [6.07, 6.45) is 0. The Morgan fingerprint density at radius 3 is 2.62 bits per heavy atom. The number of hydrogen-bond donors (Lipinski definition) is 2. The van der Waals surface area contributed by atoms with Gasteiger partial charge in [-0.25, -0.2) is 4.39 Å². The molecule has 2 aromatic rings. The monoisotopic (exact) mass is 308 g/mol. The highest BCUT2D eigenvalue weighted by atomic mass is 32.1. The van der Waals surface area contributed by atoms with Crippen molar-refractivity contribution in [3.8, 4) is 5.75 Å². The first-order chi connectivity index (χ1) is 9.92. The second-order valence-electron chi connectivity index (χ2n) is 5.04. The van der Waals surface area contributed by atoms with Gasteiger partial charge in [-0.05, 0) is 39.3 Å².